The molecule has 0 aliphatic carbocycles. The Morgan fingerprint density at radius 1 is 1.05 bits per heavy atom. The van der Waals surface area contributed by atoms with E-state index in [2.05, 4.69) is 57.7 Å². The lowest BCUT2D eigenvalue weighted by atomic mass is 10.0. The number of hydrogen-bond donors (Lipinski definition) is 0. The molecule has 1 aromatic carbocycles. The first-order valence-electron chi connectivity index (χ1n) is 7.85. The third-order valence-corrected chi connectivity index (χ3v) is 4.15. The number of benzene rings is 1. The first kappa shape index (κ1) is 16.2. The smallest absolute Gasteiger partial charge is 0.0233 e. The van der Waals surface area contributed by atoms with Crippen LogP contribution in [0.4, 0.5) is 0 Å². The Morgan fingerprint density at radius 3 is 2.37 bits per heavy atom. The lowest BCUT2D eigenvalue weighted by Crippen LogP contribution is -2.26. The van der Waals surface area contributed by atoms with Crippen LogP contribution >= 0.6 is 0 Å². The van der Waals surface area contributed by atoms with Crippen molar-refractivity contribution in [1.29, 1.82) is 0 Å². The first-order valence-corrected chi connectivity index (χ1v) is 7.85. The molecule has 1 unspecified atom stereocenters. The van der Waals surface area contributed by atoms with Gasteiger partial charge in [-0.05, 0) is 62.4 Å². The van der Waals surface area contributed by atoms with Gasteiger partial charge >= 0.3 is 0 Å². The predicted molar refractivity (Wildman–Crippen MR) is 85.6 cm³/mol. The Kier molecular flexibility index (Phi) is 7.15. The van der Waals surface area contributed by atoms with Crippen LogP contribution in [0.1, 0.15) is 56.7 Å². The number of nitrogens with zero attached hydrogens (tertiary/aromatic N) is 1. The molecule has 0 amide bonds. The lowest BCUT2D eigenvalue weighted by Gasteiger charge is -2.23. The summed E-state index contributed by atoms with van der Waals surface area (Å²) in [5.74, 6) is 0.846. The van der Waals surface area contributed by atoms with Crippen LogP contribution in [0.15, 0.2) is 18.2 Å². The summed E-state index contributed by atoms with van der Waals surface area (Å²) in [5.41, 5.74) is 4.27. The van der Waals surface area contributed by atoms with Crippen LogP contribution in [0, 0.1) is 19.8 Å². The van der Waals surface area contributed by atoms with E-state index in [0.717, 1.165) is 12.5 Å². The predicted octanol–water partition coefficient (Wildman–Crippen LogP) is 4.95. The van der Waals surface area contributed by atoms with Gasteiger partial charge in [0.25, 0.3) is 0 Å². The van der Waals surface area contributed by atoms with Crippen LogP contribution in [0.2, 0.25) is 0 Å². The Morgan fingerprint density at radius 2 is 1.79 bits per heavy atom. The van der Waals surface area contributed by atoms with Crippen molar-refractivity contribution >= 4 is 0 Å². The third kappa shape index (κ3) is 5.78. The summed E-state index contributed by atoms with van der Waals surface area (Å²) >= 11 is 0. The first-order chi connectivity index (χ1) is 9.06. The molecule has 19 heavy (non-hydrogen) atoms. The quantitative estimate of drug-likeness (QED) is 0.640. The van der Waals surface area contributed by atoms with Crippen LogP contribution in [0.5, 0.6) is 0 Å². The van der Waals surface area contributed by atoms with Crippen molar-refractivity contribution in [2.24, 2.45) is 5.92 Å². The highest BCUT2D eigenvalue weighted by atomic mass is 15.1. The van der Waals surface area contributed by atoms with E-state index in [-0.39, 0.29) is 0 Å². The molecule has 1 aromatic rings. The molecular formula is C18H31N. The normalized spacial score (nSPS) is 12.9. The number of aryl methyl sites for hydroxylation is 2. The summed E-state index contributed by atoms with van der Waals surface area (Å²) in [5, 5.41) is 0. The highest BCUT2D eigenvalue weighted by Gasteiger charge is 2.08. The van der Waals surface area contributed by atoms with Crippen LogP contribution < -0.4 is 0 Å². The summed E-state index contributed by atoms with van der Waals surface area (Å²) in [6.45, 7) is 14.9. The summed E-state index contributed by atoms with van der Waals surface area (Å²) in [7, 11) is 0. The van der Waals surface area contributed by atoms with Gasteiger partial charge in [0.15, 0.2) is 0 Å². The maximum Gasteiger partial charge on any atom is 0.0233 e. The van der Waals surface area contributed by atoms with Crippen LogP contribution in [0.3, 0.4) is 0 Å². The van der Waals surface area contributed by atoms with E-state index in [1.807, 2.05) is 0 Å². The maximum atomic E-state index is 2.61. The van der Waals surface area contributed by atoms with Gasteiger partial charge in [-0.3, -0.25) is 4.90 Å². The van der Waals surface area contributed by atoms with Gasteiger partial charge in [0.05, 0.1) is 0 Å². The SMILES string of the molecule is CCCN(CCC(C)CC)Cc1ccc(C)c(C)c1. The Bertz CT molecular complexity index is 370. The van der Waals surface area contributed by atoms with E-state index in [9.17, 15) is 0 Å². The molecule has 0 fully saturated rings. The molecule has 0 saturated heterocycles. The molecule has 1 rings (SSSR count). The van der Waals surface area contributed by atoms with Gasteiger partial charge in [-0.1, -0.05) is 45.4 Å². The van der Waals surface area contributed by atoms with Crippen LogP contribution in [0.25, 0.3) is 0 Å². The summed E-state index contributed by atoms with van der Waals surface area (Å²) in [6, 6.07) is 6.89. The van der Waals surface area contributed by atoms with E-state index in [0.29, 0.717) is 0 Å². The molecule has 1 atom stereocenters. The summed E-state index contributed by atoms with van der Waals surface area (Å²) in [4.78, 5) is 2.61. The minimum Gasteiger partial charge on any atom is -0.299 e. The van der Waals surface area contributed by atoms with Gasteiger partial charge in [-0.25, -0.2) is 0 Å². The fourth-order valence-electron chi connectivity index (χ4n) is 2.35. The van der Waals surface area contributed by atoms with Gasteiger partial charge in [0.1, 0.15) is 0 Å². The Balaban J connectivity index is 2.58. The minimum atomic E-state index is 0.846. The van der Waals surface area contributed by atoms with Crippen LogP contribution in [-0.2, 0) is 6.54 Å². The highest BCUT2D eigenvalue weighted by molar-refractivity contribution is 5.29. The molecular weight excluding hydrogens is 230 g/mol. The van der Waals surface area contributed by atoms with E-state index < -0.39 is 0 Å². The van der Waals surface area contributed by atoms with Crippen molar-refractivity contribution < 1.29 is 0 Å². The van der Waals surface area contributed by atoms with Crippen molar-refractivity contribution in [2.75, 3.05) is 13.1 Å². The van der Waals surface area contributed by atoms with Gasteiger partial charge < -0.3 is 0 Å². The monoisotopic (exact) mass is 261 g/mol. The maximum absolute atomic E-state index is 2.61. The van der Waals surface area contributed by atoms with Gasteiger partial charge in [-0.15, -0.1) is 0 Å². The number of rotatable bonds is 8. The van der Waals surface area contributed by atoms with E-state index >= 15 is 0 Å². The third-order valence-electron chi connectivity index (χ3n) is 4.15. The minimum absolute atomic E-state index is 0.846. The van der Waals surface area contributed by atoms with Crippen molar-refractivity contribution in [3.05, 3.63) is 34.9 Å². The number of hydrogen-bond acceptors (Lipinski definition) is 1. The molecule has 0 aliphatic rings. The molecule has 1 heteroatoms. The summed E-state index contributed by atoms with van der Waals surface area (Å²) < 4.78 is 0. The second-order valence-electron chi connectivity index (χ2n) is 6.00. The zero-order valence-electron chi connectivity index (χ0n) is 13.5. The van der Waals surface area contributed by atoms with Gasteiger partial charge in [0, 0.05) is 6.54 Å². The second kappa shape index (κ2) is 8.37. The molecule has 0 radical (unpaired) electrons. The van der Waals surface area contributed by atoms with Gasteiger partial charge in [-0.2, -0.15) is 0 Å². The van der Waals surface area contributed by atoms with E-state index in [4.69, 9.17) is 0 Å². The molecule has 0 bridgehead atoms. The molecule has 108 valence electrons. The largest absolute Gasteiger partial charge is 0.299 e. The molecule has 0 heterocycles. The molecule has 0 spiro atoms. The molecule has 1 nitrogen and oxygen atoms in total. The second-order valence-corrected chi connectivity index (χ2v) is 6.00. The zero-order valence-corrected chi connectivity index (χ0v) is 13.5. The highest BCUT2D eigenvalue weighted by Crippen LogP contribution is 2.14. The fraction of sp³-hybridized carbons (Fsp3) is 0.667. The van der Waals surface area contributed by atoms with Crippen molar-refractivity contribution in [2.45, 2.75) is 60.4 Å². The molecule has 0 aliphatic heterocycles. The topological polar surface area (TPSA) is 3.24 Å². The zero-order chi connectivity index (χ0) is 14.3. The lowest BCUT2D eigenvalue weighted by molar-refractivity contribution is 0.245. The van der Waals surface area contributed by atoms with Crippen LogP contribution in [-0.4, -0.2) is 18.0 Å². The van der Waals surface area contributed by atoms with Gasteiger partial charge in [0.2, 0.25) is 0 Å². The standard InChI is InChI=1S/C18H31N/c1-6-11-19(12-10-15(3)7-2)14-18-9-8-16(4)17(5)13-18/h8-9,13,15H,6-7,10-12,14H2,1-5H3. The summed E-state index contributed by atoms with van der Waals surface area (Å²) in [6.07, 6.45) is 3.86. The van der Waals surface area contributed by atoms with E-state index in [1.165, 1.54) is 49.0 Å². The fourth-order valence-corrected chi connectivity index (χ4v) is 2.35. The Labute approximate surface area is 120 Å². The van der Waals surface area contributed by atoms with Crippen molar-refractivity contribution in [1.82, 2.24) is 4.90 Å². The van der Waals surface area contributed by atoms with E-state index in [1.54, 1.807) is 0 Å². The van der Waals surface area contributed by atoms with Crippen molar-refractivity contribution in [3.63, 3.8) is 0 Å². The molecule has 0 N–H and O–H groups in total. The average Bonchev–Trinajstić information content (AvgIpc) is 2.40. The molecule has 0 saturated carbocycles. The van der Waals surface area contributed by atoms with Crippen molar-refractivity contribution in [3.8, 4) is 0 Å². The Hall–Kier alpha value is -0.820. The average molecular weight is 261 g/mol. The molecule has 0 aromatic heterocycles.